The molecule has 2 aliphatic heterocycles. The molecule has 2 aromatic rings. The van der Waals surface area contributed by atoms with Crippen molar-refractivity contribution in [3.63, 3.8) is 0 Å². The van der Waals surface area contributed by atoms with Gasteiger partial charge in [-0.25, -0.2) is 4.79 Å². The summed E-state index contributed by atoms with van der Waals surface area (Å²) in [6.45, 7) is -2.10. The second-order valence-corrected chi connectivity index (χ2v) is 9.91. The largest absolute Gasteiger partial charge is 0.504 e. The number of aliphatic hydroxyl groups excluding tert-OH is 5. The van der Waals surface area contributed by atoms with Gasteiger partial charge in [0.25, 0.3) is 0 Å². The first-order valence-corrected chi connectivity index (χ1v) is 13.3. The summed E-state index contributed by atoms with van der Waals surface area (Å²) in [6, 6.07) is 6.53. The van der Waals surface area contributed by atoms with Gasteiger partial charge in [-0.05, 0) is 18.2 Å². The van der Waals surface area contributed by atoms with E-state index in [0.29, 0.717) is 0 Å². The lowest BCUT2D eigenvalue weighted by molar-refractivity contribution is -0.318. The number of phenols is 1. The number of hydrogen-bond donors (Lipinski definition) is 6. The Morgan fingerprint density at radius 2 is 1.57 bits per heavy atom. The lowest BCUT2D eigenvalue weighted by atomic mass is 9.98. The van der Waals surface area contributed by atoms with Crippen LogP contribution in [0.4, 0.5) is 0 Å². The maximum absolute atomic E-state index is 12.9. The molecule has 0 aromatic heterocycles. The van der Waals surface area contributed by atoms with E-state index in [1.54, 1.807) is 0 Å². The van der Waals surface area contributed by atoms with Crippen LogP contribution in [0, 0.1) is 0 Å². The van der Waals surface area contributed by atoms with Crippen molar-refractivity contribution in [1.82, 2.24) is 0 Å². The van der Waals surface area contributed by atoms with Crippen molar-refractivity contribution in [3.05, 3.63) is 35.9 Å². The summed E-state index contributed by atoms with van der Waals surface area (Å²) in [5, 5.41) is 62.3. The molecule has 0 bridgehead atoms. The standard InChI is InChI=1S/C28H36O16/c1-36-16-7-13(5-6-15(16)31)25(35)44-28(11-30)12-40-27(24(28)34)43-23-21(33)20(32)19(10-29)42-26(23)41-14-8-17(37-2)22(39-4)18(9-14)38-3/h5-9,19-21,23-24,26-27,29-34H,10-12H2,1-4H3/t19-,20-,21+,23-,24+,26-,27+,28-/m1/s1. The number of ether oxygens (including phenoxy) is 9. The summed E-state index contributed by atoms with van der Waals surface area (Å²) >= 11 is 0. The zero-order valence-electron chi connectivity index (χ0n) is 24.3. The molecule has 0 saturated carbocycles. The van der Waals surface area contributed by atoms with Crippen LogP contribution in [0.1, 0.15) is 10.4 Å². The molecule has 0 spiro atoms. The van der Waals surface area contributed by atoms with E-state index in [9.17, 15) is 35.4 Å². The molecule has 244 valence electrons. The molecule has 2 aliphatic rings. The molecule has 2 heterocycles. The monoisotopic (exact) mass is 628 g/mol. The van der Waals surface area contributed by atoms with Crippen LogP contribution in [0.3, 0.4) is 0 Å². The molecule has 2 fully saturated rings. The van der Waals surface area contributed by atoms with Crippen LogP contribution in [0.15, 0.2) is 30.3 Å². The van der Waals surface area contributed by atoms with Gasteiger partial charge in [0.2, 0.25) is 12.0 Å². The number of hydrogen-bond acceptors (Lipinski definition) is 16. The molecular formula is C28H36O16. The van der Waals surface area contributed by atoms with Gasteiger partial charge in [0.1, 0.15) is 30.2 Å². The Morgan fingerprint density at radius 1 is 0.909 bits per heavy atom. The first-order chi connectivity index (χ1) is 21.1. The molecule has 2 saturated heterocycles. The van der Waals surface area contributed by atoms with E-state index in [0.717, 1.165) is 0 Å². The van der Waals surface area contributed by atoms with Crippen molar-refractivity contribution in [1.29, 1.82) is 0 Å². The minimum absolute atomic E-state index is 0.00824. The van der Waals surface area contributed by atoms with Gasteiger partial charge in [-0.2, -0.15) is 0 Å². The summed E-state index contributed by atoms with van der Waals surface area (Å²) in [7, 11) is 5.49. The number of aromatic hydroxyl groups is 1. The van der Waals surface area contributed by atoms with Crippen LogP contribution in [0.25, 0.3) is 0 Å². The number of rotatable bonds is 12. The first-order valence-electron chi connectivity index (χ1n) is 13.3. The topological polar surface area (TPSA) is 222 Å². The highest BCUT2D eigenvalue weighted by Crippen LogP contribution is 2.42. The summed E-state index contributed by atoms with van der Waals surface area (Å²) in [5.74, 6) is -0.395. The molecular weight excluding hydrogens is 592 g/mol. The van der Waals surface area contributed by atoms with Crippen LogP contribution in [-0.2, 0) is 18.9 Å². The molecule has 6 N–H and O–H groups in total. The minimum Gasteiger partial charge on any atom is -0.504 e. The lowest BCUT2D eigenvalue weighted by Gasteiger charge is -2.42. The van der Waals surface area contributed by atoms with Gasteiger partial charge < -0.3 is 73.3 Å². The van der Waals surface area contributed by atoms with Crippen molar-refractivity contribution in [2.24, 2.45) is 0 Å². The third kappa shape index (κ3) is 6.43. The van der Waals surface area contributed by atoms with Crippen LogP contribution < -0.4 is 23.7 Å². The normalized spacial score (nSPS) is 30.0. The molecule has 2 aromatic carbocycles. The Morgan fingerprint density at radius 3 is 2.14 bits per heavy atom. The van der Waals surface area contributed by atoms with Crippen molar-refractivity contribution in [3.8, 4) is 34.5 Å². The van der Waals surface area contributed by atoms with E-state index in [-0.39, 0.29) is 40.1 Å². The van der Waals surface area contributed by atoms with E-state index in [1.807, 2.05) is 0 Å². The Balaban J connectivity index is 1.57. The number of benzene rings is 2. The molecule has 16 nitrogen and oxygen atoms in total. The fourth-order valence-corrected chi connectivity index (χ4v) is 4.78. The van der Waals surface area contributed by atoms with Gasteiger partial charge >= 0.3 is 5.97 Å². The van der Waals surface area contributed by atoms with Crippen molar-refractivity contribution in [2.75, 3.05) is 48.3 Å². The van der Waals surface area contributed by atoms with Crippen LogP contribution in [-0.4, -0.2) is 134 Å². The highest BCUT2D eigenvalue weighted by atomic mass is 16.8. The number of carbonyl (C=O) groups is 1. The number of methoxy groups -OCH3 is 4. The fourth-order valence-electron chi connectivity index (χ4n) is 4.78. The quantitative estimate of drug-likeness (QED) is 0.154. The Kier molecular flexibility index (Phi) is 10.6. The Hall–Kier alpha value is -3.61. The number of aliphatic hydroxyl groups is 5. The summed E-state index contributed by atoms with van der Waals surface area (Å²) < 4.78 is 49.4. The Bertz CT molecular complexity index is 1260. The van der Waals surface area contributed by atoms with E-state index in [2.05, 4.69) is 0 Å². The average Bonchev–Trinajstić information content (AvgIpc) is 3.34. The molecule has 44 heavy (non-hydrogen) atoms. The number of phenolic OH excluding ortho intramolecular Hbond substituents is 1. The lowest BCUT2D eigenvalue weighted by Crippen LogP contribution is -2.62. The molecule has 16 heteroatoms. The van der Waals surface area contributed by atoms with E-state index < -0.39 is 74.5 Å². The fraction of sp³-hybridized carbons (Fsp3) is 0.536. The van der Waals surface area contributed by atoms with Gasteiger partial charge in [-0.1, -0.05) is 0 Å². The van der Waals surface area contributed by atoms with Gasteiger partial charge in [0, 0.05) is 12.1 Å². The summed E-state index contributed by atoms with van der Waals surface area (Å²) in [5.41, 5.74) is -2.07. The minimum atomic E-state index is -2.01. The molecule has 8 atom stereocenters. The van der Waals surface area contributed by atoms with Crippen LogP contribution in [0.2, 0.25) is 0 Å². The first kappa shape index (κ1) is 33.3. The zero-order chi connectivity index (χ0) is 32.2. The predicted molar refractivity (Wildman–Crippen MR) is 145 cm³/mol. The smallest absolute Gasteiger partial charge is 0.339 e. The maximum Gasteiger partial charge on any atom is 0.339 e. The van der Waals surface area contributed by atoms with Gasteiger partial charge in [-0.3, -0.25) is 0 Å². The van der Waals surface area contributed by atoms with Gasteiger partial charge in [0.05, 0.1) is 53.8 Å². The van der Waals surface area contributed by atoms with Crippen LogP contribution >= 0.6 is 0 Å². The predicted octanol–water partition coefficient (Wildman–Crippen LogP) is -1.07. The third-order valence-electron chi connectivity index (χ3n) is 7.27. The zero-order valence-corrected chi connectivity index (χ0v) is 24.3. The van der Waals surface area contributed by atoms with Gasteiger partial charge in [-0.15, -0.1) is 0 Å². The Labute approximate surface area is 251 Å². The number of carbonyl (C=O) groups excluding carboxylic acids is 1. The third-order valence-corrected chi connectivity index (χ3v) is 7.27. The van der Waals surface area contributed by atoms with E-state index >= 15 is 0 Å². The average molecular weight is 629 g/mol. The molecule has 0 amide bonds. The highest BCUT2D eigenvalue weighted by molar-refractivity contribution is 5.90. The summed E-state index contributed by atoms with van der Waals surface area (Å²) in [6.07, 6.45) is -11.2. The second-order valence-electron chi connectivity index (χ2n) is 9.91. The molecule has 0 aliphatic carbocycles. The van der Waals surface area contributed by atoms with E-state index in [1.165, 1.54) is 58.8 Å². The van der Waals surface area contributed by atoms with Crippen LogP contribution in [0.5, 0.6) is 34.5 Å². The van der Waals surface area contributed by atoms with Gasteiger partial charge in [0.15, 0.2) is 41.0 Å². The highest BCUT2D eigenvalue weighted by Gasteiger charge is 2.56. The maximum atomic E-state index is 12.9. The molecule has 0 radical (unpaired) electrons. The SMILES string of the molecule is COc1cc(C(=O)O[C@]2(CO)CO[C@@H](O[C@H]3[C@H](Oc4cc(OC)c(OC)c(OC)c4)O[C@H](CO)[C@@H](O)[C@@H]3O)[C@@H]2O)ccc1O. The number of esters is 1. The molecule has 4 rings (SSSR count). The van der Waals surface area contributed by atoms with E-state index in [4.69, 9.17) is 42.6 Å². The van der Waals surface area contributed by atoms with Crippen molar-refractivity contribution < 1.29 is 78.1 Å². The van der Waals surface area contributed by atoms with Crippen molar-refractivity contribution >= 4 is 5.97 Å². The van der Waals surface area contributed by atoms with Crippen molar-refractivity contribution in [2.45, 2.75) is 48.7 Å². The second kappa shape index (κ2) is 14.0. The summed E-state index contributed by atoms with van der Waals surface area (Å²) in [4.78, 5) is 12.9. The molecule has 0 unspecified atom stereocenters.